The molecule has 2 N–H and O–H groups in total. The number of guanidine groups is 1. The Kier molecular flexibility index (Phi) is 13.9. The number of ether oxygens (including phenoxy) is 3. The van der Waals surface area contributed by atoms with Crippen LogP contribution in [0.25, 0.3) is 0 Å². The Bertz CT molecular complexity index is 781. The van der Waals surface area contributed by atoms with Gasteiger partial charge in [0.05, 0.1) is 6.54 Å². The number of nitrogens with zero attached hydrogens (tertiary/aromatic N) is 1. The third kappa shape index (κ3) is 11.2. The molecule has 0 atom stereocenters. The van der Waals surface area contributed by atoms with Gasteiger partial charge >= 0.3 is 0 Å². The summed E-state index contributed by atoms with van der Waals surface area (Å²) in [7, 11) is 0. The monoisotopic (exact) mass is 567 g/mol. The first-order valence-corrected chi connectivity index (χ1v) is 11.8. The molecule has 2 aromatic rings. The smallest absolute Gasteiger partial charge is 0.191 e. The van der Waals surface area contributed by atoms with Crippen LogP contribution in [0.4, 0.5) is 0 Å². The van der Waals surface area contributed by atoms with Gasteiger partial charge < -0.3 is 24.8 Å². The highest BCUT2D eigenvalue weighted by Gasteiger charge is 2.13. The van der Waals surface area contributed by atoms with E-state index in [-0.39, 0.29) is 24.0 Å². The summed E-state index contributed by atoms with van der Waals surface area (Å²) < 4.78 is 17.0. The van der Waals surface area contributed by atoms with Crippen LogP contribution in [0.15, 0.2) is 59.6 Å². The molecule has 33 heavy (non-hydrogen) atoms. The van der Waals surface area contributed by atoms with Crippen molar-refractivity contribution in [2.45, 2.75) is 39.3 Å². The molecule has 2 aromatic carbocycles. The molecule has 0 bridgehead atoms. The lowest BCUT2D eigenvalue weighted by Gasteiger charge is -2.21. The third-order valence-electron chi connectivity index (χ3n) is 5.39. The van der Waals surface area contributed by atoms with Gasteiger partial charge in [0.25, 0.3) is 0 Å². The van der Waals surface area contributed by atoms with Crippen molar-refractivity contribution in [1.82, 2.24) is 10.6 Å². The molecule has 7 heteroatoms. The Morgan fingerprint density at radius 1 is 1.00 bits per heavy atom. The van der Waals surface area contributed by atoms with Gasteiger partial charge in [-0.2, -0.15) is 0 Å². The highest BCUT2D eigenvalue weighted by molar-refractivity contribution is 14.0. The van der Waals surface area contributed by atoms with E-state index in [1.165, 1.54) is 5.56 Å². The summed E-state index contributed by atoms with van der Waals surface area (Å²) in [5.41, 5.74) is 2.32. The second kappa shape index (κ2) is 16.7. The molecule has 1 fully saturated rings. The molecule has 0 amide bonds. The Morgan fingerprint density at radius 3 is 2.45 bits per heavy atom. The number of nitrogens with one attached hydrogen (secondary N) is 2. The van der Waals surface area contributed by atoms with Crippen LogP contribution in [0.5, 0.6) is 5.75 Å². The highest BCUT2D eigenvalue weighted by Crippen LogP contribution is 2.15. The van der Waals surface area contributed by atoms with E-state index < -0.39 is 0 Å². The van der Waals surface area contributed by atoms with Crippen LogP contribution in [0.2, 0.25) is 0 Å². The van der Waals surface area contributed by atoms with Crippen molar-refractivity contribution in [1.29, 1.82) is 0 Å². The zero-order valence-corrected chi connectivity index (χ0v) is 22.0. The summed E-state index contributed by atoms with van der Waals surface area (Å²) in [5.74, 6) is 2.39. The Morgan fingerprint density at radius 2 is 1.73 bits per heavy atom. The second-order valence-corrected chi connectivity index (χ2v) is 8.02. The normalized spacial score (nSPS) is 14.4. The van der Waals surface area contributed by atoms with Crippen LogP contribution < -0.4 is 15.4 Å². The predicted molar refractivity (Wildman–Crippen MR) is 144 cm³/mol. The molecule has 3 rings (SSSR count). The summed E-state index contributed by atoms with van der Waals surface area (Å²) in [4.78, 5) is 4.71. The van der Waals surface area contributed by atoms with Crippen LogP contribution in [0, 0.1) is 5.92 Å². The Hall–Kier alpha value is -1.84. The van der Waals surface area contributed by atoms with Gasteiger partial charge in [-0.1, -0.05) is 42.5 Å². The second-order valence-electron chi connectivity index (χ2n) is 8.02. The van der Waals surface area contributed by atoms with Crippen molar-refractivity contribution in [2.75, 3.05) is 39.5 Å². The quantitative estimate of drug-likeness (QED) is 0.168. The number of rotatable bonds is 12. The fourth-order valence-corrected chi connectivity index (χ4v) is 3.48. The van der Waals surface area contributed by atoms with E-state index in [9.17, 15) is 0 Å². The lowest BCUT2D eigenvalue weighted by Crippen LogP contribution is -2.38. The fraction of sp³-hybridized carbons (Fsp3) is 0.500. The van der Waals surface area contributed by atoms with Crippen molar-refractivity contribution in [3.8, 4) is 5.75 Å². The average molecular weight is 568 g/mol. The molecular formula is C26H38IN3O3. The van der Waals surface area contributed by atoms with Crippen LogP contribution in [-0.2, 0) is 22.6 Å². The van der Waals surface area contributed by atoms with Crippen LogP contribution in [0.3, 0.4) is 0 Å². The maximum absolute atomic E-state index is 5.84. The first-order valence-electron chi connectivity index (χ1n) is 11.8. The summed E-state index contributed by atoms with van der Waals surface area (Å²) in [6, 6.07) is 18.3. The first-order chi connectivity index (χ1) is 15.8. The predicted octanol–water partition coefficient (Wildman–Crippen LogP) is 4.77. The van der Waals surface area contributed by atoms with Gasteiger partial charge in [-0.3, -0.25) is 0 Å². The van der Waals surface area contributed by atoms with Gasteiger partial charge in [0.15, 0.2) is 5.96 Å². The lowest BCUT2D eigenvalue weighted by molar-refractivity contribution is 0.0203. The van der Waals surface area contributed by atoms with E-state index in [4.69, 9.17) is 19.2 Å². The van der Waals surface area contributed by atoms with Crippen LogP contribution in [-0.4, -0.2) is 45.5 Å². The van der Waals surface area contributed by atoms with E-state index in [1.54, 1.807) is 0 Å². The van der Waals surface area contributed by atoms with Gasteiger partial charge in [-0.05, 0) is 55.4 Å². The van der Waals surface area contributed by atoms with Crippen molar-refractivity contribution in [3.05, 3.63) is 65.7 Å². The SMILES string of the molecule is CCNC(=NCc1ccc(COc2ccccc2)cc1)NCCCOCC1CCOCC1.I. The number of hydrogen-bond acceptors (Lipinski definition) is 4. The summed E-state index contributed by atoms with van der Waals surface area (Å²) in [6.07, 6.45) is 3.21. The van der Waals surface area contributed by atoms with E-state index in [1.807, 2.05) is 30.3 Å². The van der Waals surface area contributed by atoms with Crippen molar-refractivity contribution >= 4 is 29.9 Å². The van der Waals surface area contributed by atoms with Gasteiger partial charge in [0, 0.05) is 39.5 Å². The van der Waals surface area contributed by atoms with Gasteiger partial charge in [0.2, 0.25) is 0 Å². The summed E-state index contributed by atoms with van der Waals surface area (Å²) in [5, 5.41) is 6.71. The average Bonchev–Trinajstić information content (AvgIpc) is 2.85. The van der Waals surface area contributed by atoms with E-state index in [2.05, 4.69) is 41.8 Å². The molecule has 6 nitrogen and oxygen atoms in total. The molecule has 1 heterocycles. The largest absolute Gasteiger partial charge is 0.489 e. The number of benzene rings is 2. The Labute approximate surface area is 215 Å². The maximum atomic E-state index is 5.84. The van der Waals surface area contributed by atoms with Gasteiger partial charge in [-0.25, -0.2) is 4.99 Å². The van der Waals surface area contributed by atoms with E-state index in [0.29, 0.717) is 19.1 Å². The minimum absolute atomic E-state index is 0. The van der Waals surface area contributed by atoms with Crippen LogP contribution in [0.1, 0.15) is 37.3 Å². The van der Waals surface area contributed by atoms with E-state index >= 15 is 0 Å². The Balaban J connectivity index is 0.00000385. The molecule has 0 saturated carbocycles. The maximum Gasteiger partial charge on any atom is 0.191 e. The van der Waals surface area contributed by atoms with E-state index in [0.717, 1.165) is 76.1 Å². The minimum atomic E-state index is 0. The highest BCUT2D eigenvalue weighted by atomic mass is 127. The minimum Gasteiger partial charge on any atom is -0.489 e. The molecule has 0 radical (unpaired) electrons. The molecule has 0 unspecified atom stereocenters. The number of para-hydroxylation sites is 1. The van der Waals surface area contributed by atoms with Crippen molar-refractivity contribution in [3.63, 3.8) is 0 Å². The molecule has 0 spiro atoms. The fourth-order valence-electron chi connectivity index (χ4n) is 3.48. The van der Waals surface area contributed by atoms with Crippen molar-refractivity contribution in [2.24, 2.45) is 10.9 Å². The lowest BCUT2D eigenvalue weighted by atomic mass is 10.0. The molecule has 182 valence electrons. The molecular weight excluding hydrogens is 529 g/mol. The third-order valence-corrected chi connectivity index (χ3v) is 5.39. The van der Waals surface area contributed by atoms with Crippen molar-refractivity contribution < 1.29 is 14.2 Å². The van der Waals surface area contributed by atoms with Gasteiger partial charge in [0.1, 0.15) is 12.4 Å². The standard InChI is InChI=1S/C26H37N3O3.HI/c1-2-27-26(28-15-6-16-31-20-24-13-17-30-18-14-24)29-19-22-9-11-23(12-10-22)21-32-25-7-4-3-5-8-25;/h3-5,7-12,24H,2,6,13-21H2,1H3,(H2,27,28,29);1H. The molecule has 0 aromatic heterocycles. The molecule has 0 aliphatic carbocycles. The molecule has 1 aliphatic rings. The number of hydrogen-bond donors (Lipinski definition) is 2. The first kappa shape index (κ1) is 27.4. The topological polar surface area (TPSA) is 64.1 Å². The summed E-state index contributed by atoms with van der Waals surface area (Å²) >= 11 is 0. The number of aliphatic imine (C=N–C) groups is 1. The zero-order chi connectivity index (χ0) is 22.3. The van der Waals surface area contributed by atoms with Crippen LogP contribution >= 0.6 is 24.0 Å². The molecule has 1 aliphatic heterocycles. The number of halogens is 1. The summed E-state index contributed by atoms with van der Waals surface area (Å²) in [6.45, 7) is 8.33. The van der Waals surface area contributed by atoms with Gasteiger partial charge in [-0.15, -0.1) is 24.0 Å². The zero-order valence-electron chi connectivity index (χ0n) is 19.6. The molecule has 1 saturated heterocycles.